The molecule has 0 aliphatic heterocycles. The molecule has 0 atom stereocenters. The lowest BCUT2D eigenvalue weighted by Crippen LogP contribution is -2.14. The zero-order valence-electron chi connectivity index (χ0n) is 11.4. The normalized spacial score (nSPS) is 11.0. The lowest BCUT2D eigenvalue weighted by Gasteiger charge is -2.12. The molecule has 1 heterocycles. The van der Waals surface area contributed by atoms with E-state index in [-0.39, 0.29) is 16.5 Å². The fourth-order valence-electron chi connectivity index (χ4n) is 1.66. The van der Waals surface area contributed by atoms with Gasteiger partial charge in [-0.1, -0.05) is 0 Å². The molecule has 0 fully saturated rings. The summed E-state index contributed by atoms with van der Waals surface area (Å²) in [7, 11) is -2.35. The quantitative estimate of drug-likeness (QED) is 0.767. The van der Waals surface area contributed by atoms with E-state index in [1.54, 1.807) is 0 Å². The minimum absolute atomic E-state index is 0.00625. The monoisotopic (exact) mass is 310 g/mol. The van der Waals surface area contributed by atoms with E-state index in [2.05, 4.69) is 20.2 Å². The Labute approximate surface area is 121 Å². The van der Waals surface area contributed by atoms with E-state index in [1.807, 2.05) is 0 Å². The highest BCUT2D eigenvalue weighted by Gasteiger charge is 2.17. The summed E-state index contributed by atoms with van der Waals surface area (Å²) in [4.78, 5) is 11.1. The second-order valence-corrected chi connectivity index (χ2v) is 5.82. The number of hydrogen-bond donors (Lipinski definition) is 3. The molecule has 0 unspecified atom stereocenters. The van der Waals surface area contributed by atoms with E-state index in [0.717, 1.165) is 0 Å². The number of H-pyrrole nitrogens is 1. The van der Waals surface area contributed by atoms with E-state index < -0.39 is 10.0 Å². The first-order chi connectivity index (χ1) is 9.92. The molecule has 2 aromatic rings. The van der Waals surface area contributed by atoms with Crippen molar-refractivity contribution in [1.29, 1.82) is 0 Å². The molecule has 1 aromatic heterocycles. The molecule has 0 radical (unpaired) electrons. The number of carbonyl (C=O) groups excluding carboxylic acids is 1. The predicted octanol–water partition coefficient (Wildman–Crippen LogP) is 1.18. The maximum atomic E-state index is 12.2. The van der Waals surface area contributed by atoms with Gasteiger partial charge in [-0.3, -0.25) is 14.6 Å². The number of nitrogens with one attached hydrogen (secondary N) is 3. The Morgan fingerprint density at radius 2 is 2.14 bits per heavy atom. The zero-order valence-corrected chi connectivity index (χ0v) is 12.2. The number of methoxy groups -OCH3 is 1. The van der Waals surface area contributed by atoms with Crippen LogP contribution in [0.5, 0.6) is 5.75 Å². The van der Waals surface area contributed by atoms with Crippen molar-refractivity contribution in [2.75, 3.05) is 17.1 Å². The maximum Gasteiger partial charge on any atom is 0.262 e. The van der Waals surface area contributed by atoms with Gasteiger partial charge in [-0.15, -0.1) is 0 Å². The van der Waals surface area contributed by atoms with Gasteiger partial charge in [0.15, 0.2) is 0 Å². The molecular weight excluding hydrogens is 296 g/mol. The van der Waals surface area contributed by atoms with Crippen LogP contribution in [0.4, 0.5) is 11.4 Å². The SMILES string of the molecule is COc1ccc(S(=O)(=O)Nc2cn[nH]c2)cc1NC(C)=O. The average Bonchev–Trinajstić information content (AvgIpc) is 2.90. The summed E-state index contributed by atoms with van der Waals surface area (Å²) in [6, 6.07) is 4.17. The highest BCUT2D eigenvalue weighted by molar-refractivity contribution is 7.92. The van der Waals surface area contributed by atoms with Crippen molar-refractivity contribution < 1.29 is 17.9 Å². The third-order valence-electron chi connectivity index (χ3n) is 2.54. The summed E-state index contributed by atoms with van der Waals surface area (Å²) >= 11 is 0. The summed E-state index contributed by atoms with van der Waals surface area (Å²) in [6.07, 6.45) is 2.76. The minimum atomic E-state index is -3.78. The second kappa shape index (κ2) is 5.83. The molecule has 0 aliphatic carbocycles. The third-order valence-corrected chi connectivity index (χ3v) is 3.92. The fourth-order valence-corrected chi connectivity index (χ4v) is 2.72. The Hall–Kier alpha value is -2.55. The number of sulfonamides is 1. The molecule has 0 aliphatic rings. The van der Waals surface area contributed by atoms with Gasteiger partial charge in [0, 0.05) is 13.1 Å². The van der Waals surface area contributed by atoms with Gasteiger partial charge in [0.2, 0.25) is 5.91 Å². The van der Waals surface area contributed by atoms with E-state index in [1.165, 1.54) is 44.6 Å². The van der Waals surface area contributed by atoms with Gasteiger partial charge in [-0.2, -0.15) is 5.10 Å². The number of aromatic amines is 1. The van der Waals surface area contributed by atoms with Crippen molar-refractivity contribution in [2.24, 2.45) is 0 Å². The number of carbonyl (C=O) groups is 1. The fraction of sp³-hybridized carbons (Fsp3) is 0.167. The van der Waals surface area contributed by atoms with Gasteiger partial charge in [0.25, 0.3) is 10.0 Å². The van der Waals surface area contributed by atoms with E-state index >= 15 is 0 Å². The molecule has 8 nitrogen and oxygen atoms in total. The van der Waals surface area contributed by atoms with Crippen LogP contribution in [0.2, 0.25) is 0 Å². The number of anilines is 2. The van der Waals surface area contributed by atoms with Crippen molar-refractivity contribution in [3.8, 4) is 5.75 Å². The molecule has 0 saturated heterocycles. The summed E-state index contributed by atoms with van der Waals surface area (Å²) in [5, 5.41) is 8.68. The largest absolute Gasteiger partial charge is 0.495 e. The van der Waals surface area contributed by atoms with Crippen molar-refractivity contribution in [3.63, 3.8) is 0 Å². The second-order valence-electron chi connectivity index (χ2n) is 4.14. The smallest absolute Gasteiger partial charge is 0.262 e. The van der Waals surface area contributed by atoms with Gasteiger partial charge in [0.05, 0.1) is 29.6 Å². The predicted molar refractivity (Wildman–Crippen MR) is 76.7 cm³/mol. The van der Waals surface area contributed by atoms with E-state index in [9.17, 15) is 13.2 Å². The summed E-state index contributed by atoms with van der Waals surface area (Å²) in [5.74, 6) is 0.0399. The minimum Gasteiger partial charge on any atom is -0.495 e. The van der Waals surface area contributed by atoms with Crippen molar-refractivity contribution >= 4 is 27.3 Å². The molecule has 112 valence electrons. The molecule has 1 aromatic carbocycles. The highest BCUT2D eigenvalue weighted by Crippen LogP contribution is 2.28. The molecule has 0 saturated carbocycles. The molecule has 21 heavy (non-hydrogen) atoms. The molecule has 9 heteroatoms. The van der Waals surface area contributed by atoms with E-state index in [0.29, 0.717) is 11.4 Å². The third kappa shape index (κ3) is 3.51. The van der Waals surface area contributed by atoms with Crippen LogP contribution >= 0.6 is 0 Å². The zero-order chi connectivity index (χ0) is 15.5. The van der Waals surface area contributed by atoms with Crippen LogP contribution in [0.15, 0.2) is 35.5 Å². The summed E-state index contributed by atoms with van der Waals surface area (Å²) in [5.41, 5.74) is 0.590. The van der Waals surface area contributed by atoms with Crippen LogP contribution in [0.1, 0.15) is 6.92 Å². The standard InChI is InChI=1S/C12H14N4O4S/c1-8(17)15-11-5-10(3-4-12(11)20-2)21(18,19)16-9-6-13-14-7-9/h3-7,16H,1-2H3,(H,13,14)(H,15,17). The van der Waals surface area contributed by atoms with Crippen molar-refractivity contribution in [3.05, 3.63) is 30.6 Å². The Morgan fingerprint density at radius 1 is 1.38 bits per heavy atom. The van der Waals surface area contributed by atoms with Gasteiger partial charge in [-0.25, -0.2) is 8.42 Å². The number of aromatic nitrogens is 2. The number of benzene rings is 1. The first-order valence-electron chi connectivity index (χ1n) is 5.89. The van der Waals surface area contributed by atoms with Gasteiger partial charge >= 0.3 is 0 Å². The Bertz CT molecular complexity index is 741. The first kappa shape index (κ1) is 14.9. The number of nitrogens with zero attached hydrogens (tertiary/aromatic N) is 1. The Balaban J connectivity index is 2.37. The molecule has 1 amide bonds. The van der Waals surface area contributed by atoms with Crippen molar-refractivity contribution in [1.82, 2.24) is 10.2 Å². The van der Waals surface area contributed by atoms with Crippen molar-refractivity contribution in [2.45, 2.75) is 11.8 Å². The van der Waals surface area contributed by atoms with Crippen LogP contribution < -0.4 is 14.8 Å². The number of amides is 1. The van der Waals surface area contributed by atoms with E-state index in [4.69, 9.17) is 4.74 Å². The lowest BCUT2D eigenvalue weighted by molar-refractivity contribution is -0.114. The van der Waals surface area contributed by atoms with Crippen LogP contribution in [0.3, 0.4) is 0 Å². The first-order valence-corrected chi connectivity index (χ1v) is 7.38. The van der Waals surface area contributed by atoms with Crippen LogP contribution in [0.25, 0.3) is 0 Å². The van der Waals surface area contributed by atoms with Gasteiger partial charge in [0.1, 0.15) is 5.75 Å². The average molecular weight is 310 g/mol. The van der Waals surface area contributed by atoms with Crippen LogP contribution in [0, 0.1) is 0 Å². The molecule has 2 rings (SSSR count). The molecule has 3 N–H and O–H groups in total. The highest BCUT2D eigenvalue weighted by atomic mass is 32.2. The lowest BCUT2D eigenvalue weighted by atomic mass is 10.3. The van der Waals surface area contributed by atoms with Crippen LogP contribution in [-0.4, -0.2) is 31.6 Å². The number of rotatable bonds is 5. The number of hydrogen-bond acceptors (Lipinski definition) is 5. The topological polar surface area (TPSA) is 113 Å². The Kier molecular flexibility index (Phi) is 4.13. The Morgan fingerprint density at radius 3 is 2.71 bits per heavy atom. The van der Waals surface area contributed by atoms with Gasteiger partial charge < -0.3 is 10.1 Å². The summed E-state index contributed by atoms with van der Waals surface area (Å²) in [6.45, 7) is 1.32. The maximum absolute atomic E-state index is 12.2. The molecule has 0 spiro atoms. The molecule has 0 bridgehead atoms. The van der Waals surface area contributed by atoms with Gasteiger partial charge in [-0.05, 0) is 18.2 Å². The van der Waals surface area contributed by atoms with Crippen LogP contribution in [-0.2, 0) is 14.8 Å². The molecular formula is C12H14N4O4S. The number of ether oxygens (including phenoxy) is 1. The summed E-state index contributed by atoms with van der Waals surface area (Å²) < 4.78 is 31.9.